The number of carbonyl (C=O) groups excluding carboxylic acids is 1. The second kappa shape index (κ2) is 24.3. The van der Waals surface area contributed by atoms with E-state index in [1.807, 2.05) is 6.08 Å². The molecule has 0 rings (SSSR count). The van der Waals surface area contributed by atoms with Gasteiger partial charge in [0.1, 0.15) is 0 Å². The van der Waals surface area contributed by atoms with E-state index in [9.17, 15) is 17.8 Å². The van der Waals surface area contributed by atoms with Crippen LogP contribution in [0, 0.1) is 0 Å². The van der Waals surface area contributed by atoms with E-state index in [1.54, 1.807) is 18.0 Å². The maximum Gasteiger partial charge on any atom is 1.00 e. The Morgan fingerprint density at radius 1 is 0.750 bits per heavy atom. The normalized spacial score (nSPS) is 11.6. The van der Waals surface area contributed by atoms with Gasteiger partial charge in [-0.15, -0.1) is 0 Å². The largest absolute Gasteiger partial charge is 1.00 e. The Balaban J connectivity index is 0. The van der Waals surface area contributed by atoms with Gasteiger partial charge in [-0.25, -0.2) is 8.42 Å². The minimum Gasteiger partial charge on any atom is -0.748 e. The molecule has 0 N–H and O–H groups in total. The van der Waals surface area contributed by atoms with Crippen LogP contribution in [0.2, 0.25) is 0 Å². The number of hydrogen-bond acceptors (Lipinski definition) is 4. The first-order valence-electron chi connectivity index (χ1n) is 12.7. The molecule has 0 aromatic carbocycles. The van der Waals surface area contributed by atoms with Crippen LogP contribution in [0.5, 0.6) is 0 Å². The van der Waals surface area contributed by atoms with E-state index >= 15 is 0 Å². The summed E-state index contributed by atoms with van der Waals surface area (Å²) in [6, 6.07) is 0. The van der Waals surface area contributed by atoms with Gasteiger partial charge in [-0.2, -0.15) is 0 Å². The van der Waals surface area contributed by atoms with Crippen LogP contribution in [-0.4, -0.2) is 43.1 Å². The number of likely N-dealkylation sites (N-methyl/N-ethyl adjacent to an activating group) is 1. The molecular weight excluding hydrogens is 433 g/mol. The van der Waals surface area contributed by atoms with E-state index in [0.29, 0.717) is 19.4 Å². The molecule has 0 aliphatic rings. The van der Waals surface area contributed by atoms with Gasteiger partial charge in [0.05, 0.1) is 10.1 Å². The monoisotopic (exact) mass is 481 g/mol. The number of amides is 1. The van der Waals surface area contributed by atoms with Crippen molar-refractivity contribution >= 4 is 16.0 Å². The summed E-state index contributed by atoms with van der Waals surface area (Å²) < 4.78 is 31.6. The summed E-state index contributed by atoms with van der Waals surface area (Å²) >= 11 is 0. The molecule has 0 unspecified atom stereocenters. The van der Waals surface area contributed by atoms with E-state index in [2.05, 4.69) is 6.92 Å². The van der Waals surface area contributed by atoms with Gasteiger partial charge in [0.25, 0.3) is 0 Å². The first-order chi connectivity index (χ1) is 14.9. The van der Waals surface area contributed by atoms with Gasteiger partial charge in [-0.1, -0.05) is 103 Å². The summed E-state index contributed by atoms with van der Waals surface area (Å²) in [7, 11) is -2.45. The molecule has 1 amide bonds. The third-order valence-electron chi connectivity index (χ3n) is 5.75. The minimum absolute atomic E-state index is 0. The summed E-state index contributed by atoms with van der Waals surface area (Å²) in [5.74, 6) is -0.421. The SMILES string of the molecule is CCCCCCCCCCCCCCCCC/C=C/C(=O)N(C)CCCCS(=O)(=O)[O-].[Na+]. The smallest absolute Gasteiger partial charge is 0.748 e. The predicted molar refractivity (Wildman–Crippen MR) is 130 cm³/mol. The van der Waals surface area contributed by atoms with E-state index in [-0.39, 0.29) is 41.2 Å². The Bertz CT molecular complexity index is 552. The Morgan fingerprint density at radius 2 is 1.19 bits per heavy atom. The molecule has 0 aromatic heterocycles. The third kappa shape index (κ3) is 26.4. The number of allylic oxidation sites excluding steroid dienone is 1. The van der Waals surface area contributed by atoms with Gasteiger partial charge >= 0.3 is 29.6 Å². The minimum atomic E-state index is -4.15. The fraction of sp³-hybridized carbons (Fsp3) is 0.880. The van der Waals surface area contributed by atoms with Gasteiger partial charge in [0.15, 0.2) is 0 Å². The van der Waals surface area contributed by atoms with Crippen molar-refractivity contribution in [2.45, 2.75) is 122 Å². The topological polar surface area (TPSA) is 77.5 Å². The average Bonchev–Trinajstić information content (AvgIpc) is 2.72. The summed E-state index contributed by atoms with van der Waals surface area (Å²) in [5, 5.41) is 0. The fourth-order valence-corrected chi connectivity index (χ4v) is 4.24. The Kier molecular flexibility index (Phi) is 26.0. The van der Waals surface area contributed by atoms with E-state index in [4.69, 9.17) is 0 Å². The third-order valence-corrected chi connectivity index (χ3v) is 6.54. The van der Waals surface area contributed by atoms with Crippen LogP contribution in [-0.2, 0) is 14.9 Å². The summed E-state index contributed by atoms with van der Waals surface area (Å²) in [6.45, 7) is 2.74. The number of nitrogens with zero attached hydrogens (tertiary/aromatic N) is 1. The van der Waals surface area contributed by atoms with Crippen molar-refractivity contribution in [2.75, 3.05) is 19.3 Å². The number of carbonyl (C=O) groups is 1. The van der Waals surface area contributed by atoms with E-state index in [0.717, 1.165) is 12.8 Å². The van der Waals surface area contributed by atoms with Crippen LogP contribution >= 0.6 is 0 Å². The van der Waals surface area contributed by atoms with Gasteiger partial charge in [0.2, 0.25) is 5.91 Å². The molecule has 7 heteroatoms. The van der Waals surface area contributed by atoms with Gasteiger partial charge < -0.3 is 9.45 Å². The van der Waals surface area contributed by atoms with Gasteiger partial charge in [-0.3, -0.25) is 4.79 Å². The molecule has 0 heterocycles. The molecule has 184 valence electrons. The number of rotatable bonds is 22. The summed E-state index contributed by atoms with van der Waals surface area (Å²) in [6.07, 6.45) is 25.6. The zero-order valence-electron chi connectivity index (χ0n) is 21.3. The maximum absolute atomic E-state index is 12.0. The van der Waals surface area contributed by atoms with Gasteiger partial charge in [-0.05, 0) is 31.8 Å². The molecule has 0 atom stereocenters. The zero-order chi connectivity index (χ0) is 23.2. The van der Waals surface area contributed by atoms with Gasteiger partial charge in [0, 0.05) is 19.3 Å². The van der Waals surface area contributed by atoms with Crippen molar-refractivity contribution in [2.24, 2.45) is 0 Å². The molecule has 0 aliphatic heterocycles. The standard InChI is InChI=1S/C25H49NO4S.Na/c1-3-4-5-6-7-8-9-10-11-12-13-14-15-16-17-18-19-22-25(27)26(2)23-20-21-24-31(28,29)30;/h19,22H,3-18,20-21,23-24H2,1-2H3,(H,28,29,30);/q;+1/p-1/b22-19+;. The molecular formula is C25H48NNaO4S. The molecule has 0 spiro atoms. The quantitative estimate of drug-likeness (QED) is 0.102. The van der Waals surface area contributed by atoms with Crippen LogP contribution in [0.15, 0.2) is 12.2 Å². The van der Waals surface area contributed by atoms with Crippen LogP contribution < -0.4 is 29.6 Å². The van der Waals surface area contributed by atoms with E-state index in [1.165, 1.54) is 89.9 Å². The molecule has 0 radical (unpaired) electrons. The average molecular weight is 482 g/mol. The maximum atomic E-state index is 12.0. The van der Waals surface area contributed by atoms with Crippen LogP contribution in [0.4, 0.5) is 0 Å². The molecule has 0 aromatic rings. The number of hydrogen-bond donors (Lipinski definition) is 0. The molecule has 5 nitrogen and oxygen atoms in total. The van der Waals surface area contributed by atoms with Crippen molar-refractivity contribution in [3.05, 3.63) is 12.2 Å². The zero-order valence-corrected chi connectivity index (χ0v) is 24.1. The van der Waals surface area contributed by atoms with Crippen LogP contribution in [0.3, 0.4) is 0 Å². The van der Waals surface area contributed by atoms with Crippen molar-refractivity contribution < 1.29 is 47.3 Å². The van der Waals surface area contributed by atoms with Crippen LogP contribution in [0.1, 0.15) is 122 Å². The summed E-state index contributed by atoms with van der Waals surface area (Å²) in [4.78, 5) is 13.5. The molecule has 0 saturated carbocycles. The Labute approximate surface area is 221 Å². The molecule has 0 saturated heterocycles. The second-order valence-corrected chi connectivity index (χ2v) is 10.4. The molecule has 0 bridgehead atoms. The molecule has 0 fully saturated rings. The van der Waals surface area contributed by atoms with E-state index < -0.39 is 10.1 Å². The Hall–Kier alpha value is 0.120. The number of unbranched alkanes of at least 4 members (excludes halogenated alkanes) is 16. The fourth-order valence-electron chi connectivity index (χ4n) is 3.68. The summed E-state index contributed by atoms with van der Waals surface area (Å²) in [5.41, 5.74) is 0. The van der Waals surface area contributed by atoms with Crippen molar-refractivity contribution in [1.82, 2.24) is 4.90 Å². The Morgan fingerprint density at radius 3 is 1.62 bits per heavy atom. The first kappa shape index (κ1) is 34.3. The second-order valence-electron chi connectivity index (χ2n) is 8.87. The van der Waals surface area contributed by atoms with Crippen molar-refractivity contribution in [1.29, 1.82) is 0 Å². The molecule has 0 aliphatic carbocycles. The molecule has 32 heavy (non-hydrogen) atoms. The van der Waals surface area contributed by atoms with Crippen molar-refractivity contribution in [3.8, 4) is 0 Å². The van der Waals surface area contributed by atoms with Crippen molar-refractivity contribution in [3.63, 3.8) is 0 Å². The first-order valence-corrected chi connectivity index (χ1v) is 14.3. The predicted octanol–water partition coefficient (Wildman–Crippen LogP) is 3.59. The van der Waals surface area contributed by atoms with Crippen LogP contribution in [0.25, 0.3) is 0 Å².